The minimum absolute atomic E-state index is 0.129. The highest BCUT2D eigenvalue weighted by atomic mass is 35.5. The fraction of sp³-hybridized carbons (Fsp3) is 0.133. The highest BCUT2D eigenvalue weighted by Crippen LogP contribution is 2.19. The van der Waals surface area contributed by atoms with Crippen molar-refractivity contribution in [3.8, 4) is 0 Å². The number of aryl methyl sites for hydroxylation is 1. The zero-order valence-corrected chi connectivity index (χ0v) is 12.8. The van der Waals surface area contributed by atoms with Crippen molar-refractivity contribution in [1.29, 1.82) is 0 Å². The number of anilines is 1. The van der Waals surface area contributed by atoms with Gasteiger partial charge in [-0.3, -0.25) is 9.59 Å². The lowest BCUT2D eigenvalue weighted by molar-refractivity contribution is -0.120. The second-order valence-electron chi connectivity index (χ2n) is 4.67. The normalized spacial score (nSPS) is 10.2. The molecule has 0 unspecified atom stereocenters. The third kappa shape index (κ3) is 4.33. The predicted octanol–water partition coefficient (Wildman–Crippen LogP) is 1.58. The maximum Gasteiger partial charge on any atom is 0.337 e. The molecule has 2 N–H and O–H groups in total. The first-order valence-corrected chi connectivity index (χ1v) is 6.90. The second kappa shape index (κ2) is 6.97. The van der Waals surface area contributed by atoms with Crippen molar-refractivity contribution in [2.75, 3.05) is 11.9 Å². The molecule has 2 aromatic rings. The number of carbonyl (C=O) groups excluding carboxylic acids is 1. The highest BCUT2D eigenvalue weighted by molar-refractivity contribution is 6.31. The molecule has 0 saturated heterocycles. The molecule has 0 spiro atoms. The Morgan fingerprint density at radius 3 is 2.74 bits per heavy atom. The number of aromatic carboxylic acids is 1. The lowest BCUT2D eigenvalue weighted by atomic mass is 10.2. The summed E-state index contributed by atoms with van der Waals surface area (Å²) >= 11 is 5.86. The molecule has 1 heterocycles. The Kier molecular flexibility index (Phi) is 5.02. The van der Waals surface area contributed by atoms with Crippen LogP contribution < -0.4 is 15.7 Å². The minimum Gasteiger partial charge on any atom is -0.478 e. The Balaban J connectivity index is 2.05. The van der Waals surface area contributed by atoms with Gasteiger partial charge < -0.3 is 15.3 Å². The summed E-state index contributed by atoms with van der Waals surface area (Å²) in [6.07, 6.45) is 1.00. The van der Waals surface area contributed by atoms with Crippen molar-refractivity contribution in [2.24, 2.45) is 0 Å². The summed E-state index contributed by atoms with van der Waals surface area (Å²) in [6, 6.07) is 7.23. The molecule has 0 radical (unpaired) electrons. The van der Waals surface area contributed by atoms with Crippen LogP contribution >= 0.6 is 11.6 Å². The van der Waals surface area contributed by atoms with E-state index in [2.05, 4.69) is 5.32 Å². The van der Waals surface area contributed by atoms with Gasteiger partial charge in [-0.25, -0.2) is 4.79 Å². The van der Waals surface area contributed by atoms with Crippen molar-refractivity contribution in [1.82, 2.24) is 4.73 Å². The number of carbonyl (C=O) groups is 2. The number of hydrogen-bond donors (Lipinski definition) is 2. The number of rotatable bonds is 5. The van der Waals surface area contributed by atoms with Crippen LogP contribution in [0.15, 0.2) is 41.3 Å². The van der Waals surface area contributed by atoms with E-state index in [0.717, 1.165) is 23.9 Å². The van der Waals surface area contributed by atoms with E-state index in [9.17, 15) is 14.4 Å². The first-order chi connectivity index (χ1) is 10.9. The molecule has 1 amide bonds. The molecule has 0 aliphatic heterocycles. The average Bonchev–Trinajstić information content (AvgIpc) is 2.50. The number of nitrogens with zero attached hydrogens (tertiary/aromatic N) is 1. The molecule has 120 valence electrons. The zero-order valence-electron chi connectivity index (χ0n) is 12.1. The third-order valence-electron chi connectivity index (χ3n) is 2.93. The summed E-state index contributed by atoms with van der Waals surface area (Å²) in [7, 11) is 0. The molecule has 0 bridgehead atoms. The van der Waals surface area contributed by atoms with Crippen LogP contribution in [0.5, 0.6) is 0 Å². The van der Waals surface area contributed by atoms with Crippen LogP contribution in [0.1, 0.15) is 15.9 Å². The maximum atomic E-state index is 11.9. The number of carboxylic acid groups (broad SMARTS) is 1. The summed E-state index contributed by atoms with van der Waals surface area (Å²) in [4.78, 5) is 39.3. The van der Waals surface area contributed by atoms with E-state index in [1.165, 1.54) is 0 Å². The van der Waals surface area contributed by atoms with Crippen molar-refractivity contribution in [3.63, 3.8) is 0 Å². The molecule has 0 saturated carbocycles. The molecule has 8 heteroatoms. The van der Waals surface area contributed by atoms with Crippen LogP contribution in [0.4, 0.5) is 5.69 Å². The van der Waals surface area contributed by atoms with Crippen LogP contribution in [0, 0.1) is 6.92 Å². The van der Waals surface area contributed by atoms with E-state index in [1.54, 1.807) is 25.1 Å². The second-order valence-corrected chi connectivity index (χ2v) is 5.10. The first kappa shape index (κ1) is 16.6. The van der Waals surface area contributed by atoms with Crippen LogP contribution in [0.25, 0.3) is 0 Å². The number of pyridine rings is 1. The van der Waals surface area contributed by atoms with Gasteiger partial charge in [-0.05, 0) is 30.7 Å². The van der Waals surface area contributed by atoms with Crippen LogP contribution in [-0.2, 0) is 4.79 Å². The number of amides is 1. The SMILES string of the molecule is Cc1ccc(Cl)cc1NC(=O)COn1cc(C(=O)O)ccc1=O. The van der Waals surface area contributed by atoms with E-state index in [-0.39, 0.29) is 5.56 Å². The van der Waals surface area contributed by atoms with Crippen LogP contribution in [0.2, 0.25) is 5.02 Å². The topological polar surface area (TPSA) is 97.6 Å². The molecule has 1 aromatic heterocycles. The summed E-state index contributed by atoms with van der Waals surface area (Å²) in [6.45, 7) is 1.34. The molecule has 0 aliphatic rings. The van der Waals surface area contributed by atoms with Crippen molar-refractivity contribution in [2.45, 2.75) is 6.92 Å². The van der Waals surface area contributed by atoms with Crippen molar-refractivity contribution < 1.29 is 19.5 Å². The molecule has 1 aromatic carbocycles. The Morgan fingerprint density at radius 1 is 1.30 bits per heavy atom. The molecule has 0 aliphatic carbocycles. The molecule has 0 fully saturated rings. The predicted molar refractivity (Wildman–Crippen MR) is 83.9 cm³/mol. The van der Waals surface area contributed by atoms with E-state index in [4.69, 9.17) is 21.5 Å². The number of benzene rings is 1. The minimum atomic E-state index is -1.21. The summed E-state index contributed by atoms with van der Waals surface area (Å²) in [5.74, 6) is -1.72. The molecular formula is C15H13ClN2O5. The van der Waals surface area contributed by atoms with E-state index < -0.39 is 24.0 Å². The van der Waals surface area contributed by atoms with Gasteiger partial charge in [-0.2, -0.15) is 4.73 Å². The van der Waals surface area contributed by atoms with Gasteiger partial charge in [0.25, 0.3) is 11.5 Å². The zero-order chi connectivity index (χ0) is 17.0. The lowest BCUT2D eigenvalue weighted by Gasteiger charge is -2.11. The fourth-order valence-electron chi connectivity index (χ4n) is 1.74. The molecule has 23 heavy (non-hydrogen) atoms. The largest absolute Gasteiger partial charge is 0.478 e. The number of hydrogen-bond acceptors (Lipinski definition) is 4. The standard InChI is InChI=1S/C15H13ClN2O5/c1-9-2-4-11(16)6-12(9)17-13(19)8-23-18-7-10(15(21)22)3-5-14(18)20/h2-7H,8H2,1H3,(H,17,19)(H,21,22). The maximum absolute atomic E-state index is 11.9. The lowest BCUT2D eigenvalue weighted by Crippen LogP contribution is -2.32. The molecule has 7 nitrogen and oxygen atoms in total. The van der Waals surface area contributed by atoms with Crippen molar-refractivity contribution in [3.05, 3.63) is 63.0 Å². The van der Waals surface area contributed by atoms with Crippen LogP contribution in [-0.4, -0.2) is 28.3 Å². The molecule has 2 rings (SSSR count). The molecular weight excluding hydrogens is 324 g/mol. The Hall–Kier alpha value is -2.80. The van der Waals surface area contributed by atoms with Gasteiger partial charge in [-0.15, -0.1) is 0 Å². The van der Waals surface area contributed by atoms with Gasteiger partial charge in [0, 0.05) is 16.8 Å². The summed E-state index contributed by atoms with van der Waals surface area (Å²) in [5, 5.41) is 11.9. The Bertz CT molecular complexity index is 816. The number of carboxylic acids is 1. The Morgan fingerprint density at radius 2 is 2.04 bits per heavy atom. The van der Waals surface area contributed by atoms with Gasteiger partial charge >= 0.3 is 5.97 Å². The number of halogens is 1. The van der Waals surface area contributed by atoms with E-state index in [0.29, 0.717) is 15.4 Å². The monoisotopic (exact) mass is 336 g/mol. The highest BCUT2D eigenvalue weighted by Gasteiger charge is 2.09. The van der Waals surface area contributed by atoms with E-state index in [1.807, 2.05) is 0 Å². The van der Waals surface area contributed by atoms with Gasteiger partial charge in [0.05, 0.1) is 11.8 Å². The summed E-state index contributed by atoms with van der Waals surface area (Å²) < 4.78 is 0.702. The average molecular weight is 337 g/mol. The number of aromatic nitrogens is 1. The van der Waals surface area contributed by atoms with Gasteiger partial charge in [0.15, 0.2) is 6.61 Å². The van der Waals surface area contributed by atoms with E-state index >= 15 is 0 Å². The third-order valence-corrected chi connectivity index (χ3v) is 3.17. The van der Waals surface area contributed by atoms with Gasteiger partial charge in [0.2, 0.25) is 0 Å². The first-order valence-electron chi connectivity index (χ1n) is 6.52. The van der Waals surface area contributed by atoms with Crippen molar-refractivity contribution >= 4 is 29.2 Å². The van der Waals surface area contributed by atoms with Gasteiger partial charge in [-0.1, -0.05) is 17.7 Å². The quantitative estimate of drug-likeness (QED) is 0.863. The number of nitrogens with one attached hydrogen (secondary N) is 1. The van der Waals surface area contributed by atoms with Crippen LogP contribution in [0.3, 0.4) is 0 Å². The molecule has 0 atom stereocenters. The summed E-state index contributed by atoms with van der Waals surface area (Å²) in [5.41, 5.74) is 0.628. The van der Waals surface area contributed by atoms with Gasteiger partial charge in [0.1, 0.15) is 0 Å². The smallest absolute Gasteiger partial charge is 0.337 e. The fourth-order valence-corrected chi connectivity index (χ4v) is 1.91. The Labute approximate surface area is 136 Å².